The monoisotopic (exact) mass is 168 g/mol. The number of methoxy groups -OCH3 is 1. The van der Waals surface area contributed by atoms with Crippen LogP contribution in [0.3, 0.4) is 0 Å². The molecule has 1 rings (SSSR count). The summed E-state index contributed by atoms with van der Waals surface area (Å²) in [6, 6.07) is 5.25. The standard InChI is InChI=1S/C8H12N2O2/c1-12-8-3-6(5-11)2-7(4-8)10-9/h2-4,10-11H,5,9H2,1H3. The van der Waals surface area contributed by atoms with Crippen LogP contribution < -0.4 is 16.0 Å². The lowest BCUT2D eigenvalue weighted by molar-refractivity contribution is 0.281. The Bertz CT molecular complexity index is 208. The smallest absolute Gasteiger partial charge is 0.121 e. The predicted molar refractivity (Wildman–Crippen MR) is 46.7 cm³/mol. The number of aliphatic hydroxyl groups is 1. The molecule has 4 nitrogen and oxygen atoms in total. The van der Waals surface area contributed by atoms with Gasteiger partial charge >= 0.3 is 0 Å². The predicted octanol–water partition coefficient (Wildman–Crippen LogP) is 0.473. The molecular formula is C8H12N2O2. The maximum atomic E-state index is 8.85. The van der Waals surface area contributed by atoms with Crippen molar-refractivity contribution in [2.45, 2.75) is 6.61 Å². The molecule has 4 heteroatoms. The first kappa shape index (κ1) is 8.83. The van der Waals surface area contributed by atoms with Crippen molar-refractivity contribution >= 4 is 5.69 Å². The van der Waals surface area contributed by atoms with Crippen molar-refractivity contribution in [1.29, 1.82) is 0 Å². The van der Waals surface area contributed by atoms with E-state index in [-0.39, 0.29) is 6.61 Å². The van der Waals surface area contributed by atoms with Crippen molar-refractivity contribution in [3.8, 4) is 5.75 Å². The molecule has 0 unspecified atom stereocenters. The fourth-order valence-corrected chi connectivity index (χ4v) is 0.953. The van der Waals surface area contributed by atoms with Crippen LogP contribution in [-0.4, -0.2) is 12.2 Å². The van der Waals surface area contributed by atoms with E-state index in [2.05, 4.69) is 5.43 Å². The van der Waals surface area contributed by atoms with Crippen LogP contribution in [0.2, 0.25) is 0 Å². The van der Waals surface area contributed by atoms with Crippen molar-refractivity contribution in [2.75, 3.05) is 12.5 Å². The first-order valence-electron chi connectivity index (χ1n) is 3.55. The molecule has 0 aliphatic heterocycles. The summed E-state index contributed by atoms with van der Waals surface area (Å²) in [5.41, 5.74) is 3.97. The van der Waals surface area contributed by atoms with E-state index < -0.39 is 0 Å². The van der Waals surface area contributed by atoms with E-state index in [0.29, 0.717) is 5.75 Å². The Morgan fingerprint density at radius 1 is 1.50 bits per heavy atom. The third kappa shape index (κ3) is 1.87. The highest BCUT2D eigenvalue weighted by Gasteiger charge is 1.98. The van der Waals surface area contributed by atoms with Crippen LogP contribution in [0, 0.1) is 0 Å². The largest absolute Gasteiger partial charge is 0.497 e. The number of hydrogen-bond acceptors (Lipinski definition) is 4. The summed E-state index contributed by atoms with van der Waals surface area (Å²) in [6.07, 6.45) is 0. The minimum atomic E-state index is -0.0219. The van der Waals surface area contributed by atoms with Crippen LogP contribution >= 0.6 is 0 Å². The number of rotatable bonds is 3. The molecule has 4 N–H and O–H groups in total. The lowest BCUT2D eigenvalue weighted by atomic mass is 10.2. The SMILES string of the molecule is COc1cc(CO)cc(NN)c1. The fourth-order valence-electron chi connectivity index (χ4n) is 0.953. The first-order valence-corrected chi connectivity index (χ1v) is 3.55. The van der Waals surface area contributed by atoms with Gasteiger partial charge in [0.05, 0.1) is 19.4 Å². The molecule has 0 radical (unpaired) electrons. The second kappa shape index (κ2) is 3.94. The lowest BCUT2D eigenvalue weighted by Gasteiger charge is -2.06. The van der Waals surface area contributed by atoms with E-state index in [1.165, 1.54) is 0 Å². The zero-order valence-electron chi connectivity index (χ0n) is 6.87. The molecule has 66 valence electrons. The normalized spacial score (nSPS) is 9.58. The van der Waals surface area contributed by atoms with E-state index in [9.17, 15) is 0 Å². The second-order valence-electron chi connectivity index (χ2n) is 2.37. The number of aliphatic hydroxyl groups excluding tert-OH is 1. The molecule has 0 heterocycles. The van der Waals surface area contributed by atoms with E-state index in [1.807, 2.05) is 0 Å². The number of anilines is 1. The van der Waals surface area contributed by atoms with Gasteiger partial charge in [-0.3, -0.25) is 5.84 Å². The summed E-state index contributed by atoms with van der Waals surface area (Å²) in [6.45, 7) is -0.0219. The Hall–Kier alpha value is -1.26. The zero-order chi connectivity index (χ0) is 8.97. The Labute approximate surface area is 70.9 Å². The second-order valence-corrected chi connectivity index (χ2v) is 2.37. The van der Waals surface area contributed by atoms with Crippen LogP contribution in [0.5, 0.6) is 5.75 Å². The van der Waals surface area contributed by atoms with Crippen molar-refractivity contribution in [3.05, 3.63) is 23.8 Å². The summed E-state index contributed by atoms with van der Waals surface area (Å²) in [4.78, 5) is 0. The summed E-state index contributed by atoms with van der Waals surface area (Å²) >= 11 is 0. The van der Waals surface area contributed by atoms with Crippen molar-refractivity contribution in [3.63, 3.8) is 0 Å². The Kier molecular flexibility index (Phi) is 2.90. The molecule has 1 aromatic carbocycles. The van der Waals surface area contributed by atoms with Gasteiger partial charge in [-0.05, 0) is 17.7 Å². The Balaban J connectivity index is 3.01. The zero-order valence-corrected chi connectivity index (χ0v) is 6.87. The molecule has 1 aromatic rings. The van der Waals surface area contributed by atoms with Gasteiger partial charge in [-0.2, -0.15) is 0 Å². The highest BCUT2D eigenvalue weighted by Crippen LogP contribution is 2.19. The molecular weight excluding hydrogens is 156 g/mol. The van der Waals surface area contributed by atoms with Gasteiger partial charge in [0.1, 0.15) is 5.75 Å². The third-order valence-corrected chi connectivity index (χ3v) is 1.55. The first-order chi connectivity index (χ1) is 5.80. The maximum Gasteiger partial charge on any atom is 0.121 e. The van der Waals surface area contributed by atoms with Crippen LogP contribution in [0.4, 0.5) is 5.69 Å². The number of ether oxygens (including phenoxy) is 1. The molecule has 0 saturated carbocycles. The van der Waals surface area contributed by atoms with Gasteiger partial charge in [0, 0.05) is 6.07 Å². The number of nitrogen functional groups attached to an aromatic ring is 1. The summed E-state index contributed by atoms with van der Waals surface area (Å²) in [5.74, 6) is 5.89. The van der Waals surface area contributed by atoms with E-state index in [0.717, 1.165) is 11.3 Å². The van der Waals surface area contributed by atoms with E-state index in [1.54, 1.807) is 25.3 Å². The van der Waals surface area contributed by atoms with Gasteiger partial charge in [0.15, 0.2) is 0 Å². The minimum Gasteiger partial charge on any atom is -0.497 e. The Morgan fingerprint density at radius 2 is 2.25 bits per heavy atom. The molecule has 0 spiro atoms. The van der Waals surface area contributed by atoms with Crippen molar-refractivity contribution < 1.29 is 9.84 Å². The van der Waals surface area contributed by atoms with Crippen LogP contribution in [0.1, 0.15) is 5.56 Å². The highest BCUT2D eigenvalue weighted by molar-refractivity contribution is 5.50. The van der Waals surface area contributed by atoms with Crippen molar-refractivity contribution in [2.24, 2.45) is 5.84 Å². The number of nitrogens with two attached hydrogens (primary N) is 1. The third-order valence-electron chi connectivity index (χ3n) is 1.55. The Morgan fingerprint density at radius 3 is 2.75 bits per heavy atom. The van der Waals surface area contributed by atoms with Gasteiger partial charge < -0.3 is 15.3 Å². The maximum absolute atomic E-state index is 8.85. The lowest BCUT2D eigenvalue weighted by Crippen LogP contribution is -2.07. The van der Waals surface area contributed by atoms with E-state index in [4.69, 9.17) is 15.7 Å². The average Bonchev–Trinajstić information content (AvgIpc) is 2.16. The fraction of sp³-hybridized carbons (Fsp3) is 0.250. The number of nitrogens with one attached hydrogen (secondary N) is 1. The summed E-state index contributed by atoms with van der Waals surface area (Å²) in [5, 5.41) is 8.85. The topological polar surface area (TPSA) is 67.5 Å². The number of benzene rings is 1. The van der Waals surface area contributed by atoms with Gasteiger partial charge in [0.2, 0.25) is 0 Å². The molecule has 0 fully saturated rings. The van der Waals surface area contributed by atoms with Gasteiger partial charge in [-0.1, -0.05) is 0 Å². The number of hydrogen-bond donors (Lipinski definition) is 3. The van der Waals surface area contributed by atoms with E-state index >= 15 is 0 Å². The molecule has 0 saturated heterocycles. The minimum absolute atomic E-state index is 0.0219. The highest BCUT2D eigenvalue weighted by atomic mass is 16.5. The van der Waals surface area contributed by atoms with Gasteiger partial charge in [-0.25, -0.2) is 0 Å². The molecule has 12 heavy (non-hydrogen) atoms. The summed E-state index contributed by atoms with van der Waals surface area (Å²) in [7, 11) is 1.57. The van der Waals surface area contributed by atoms with Gasteiger partial charge in [0.25, 0.3) is 0 Å². The van der Waals surface area contributed by atoms with Crippen LogP contribution in [-0.2, 0) is 6.61 Å². The van der Waals surface area contributed by atoms with Crippen LogP contribution in [0.15, 0.2) is 18.2 Å². The number of hydrazine groups is 1. The molecule has 0 aromatic heterocycles. The van der Waals surface area contributed by atoms with Crippen molar-refractivity contribution in [1.82, 2.24) is 0 Å². The molecule has 0 amide bonds. The molecule has 0 aliphatic carbocycles. The molecule has 0 bridgehead atoms. The van der Waals surface area contributed by atoms with Gasteiger partial charge in [-0.15, -0.1) is 0 Å². The van der Waals surface area contributed by atoms with Crippen LogP contribution in [0.25, 0.3) is 0 Å². The molecule has 0 aliphatic rings. The quantitative estimate of drug-likeness (QED) is 0.453. The average molecular weight is 168 g/mol. The summed E-state index contributed by atoms with van der Waals surface area (Å²) < 4.78 is 4.99. The molecule has 0 atom stereocenters.